The Hall–Kier alpha value is -0.360. The van der Waals surface area contributed by atoms with Gasteiger partial charge in [0.05, 0.1) is 13.2 Å². The van der Waals surface area contributed by atoms with Crippen molar-refractivity contribution in [2.45, 2.75) is 74.7 Å². The molecule has 0 bridgehead atoms. The van der Waals surface area contributed by atoms with Gasteiger partial charge in [-0.3, -0.25) is 9.59 Å². The summed E-state index contributed by atoms with van der Waals surface area (Å²) in [5.41, 5.74) is 0. The lowest BCUT2D eigenvalue weighted by Crippen LogP contribution is -2.22. The van der Waals surface area contributed by atoms with Crippen molar-refractivity contribution >= 4 is 37.2 Å². The van der Waals surface area contributed by atoms with E-state index in [1.54, 1.807) is 0 Å². The second kappa shape index (κ2) is 10.6. The molecular weight excluding hydrogens is 344 g/mol. The molecule has 2 saturated heterocycles. The van der Waals surface area contributed by atoms with Gasteiger partial charge in [-0.05, 0) is 63.2 Å². The summed E-state index contributed by atoms with van der Waals surface area (Å²) in [5.74, 6) is 0.912. The molecule has 0 aliphatic carbocycles. The summed E-state index contributed by atoms with van der Waals surface area (Å²) in [7, 11) is 0. The van der Waals surface area contributed by atoms with Gasteiger partial charge in [0.2, 0.25) is 0 Å². The normalized spacial score (nSPS) is 27.2. The Morgan fingerprint density at radius 2 is 1.21 bits per heavy atom. The minimum absolute atomic E-state index is 0.0562. The Morgan fingerprint density at radius 1 is 0.792 bits per heavy atom. The van der Waals surface area contributed by atoms with E-state index in [1.165, 1.54) is 0 Å². The maximum absolute atomic E-state index is 11.0. The fraction of sp³-hybridized carbons (Fsp3) is 0.889. The number of carbonyl (C=O) groups excluding carboxylic acids is 2. The van der Waals surface area contributed by atoms with E-state index in [2.05, 4.69) is 0 Å². The smallest absolute Gasteiger partial charge is 0.305 e. The molecule has 0 N–H and O–H groups in total. The summed E-state index contributed by atoms with van der Waals surface area (Å²) >= 11 is 9.40. The Labute approximate surface area is 156 Å². The highest BCUT2D eigenvalue weighted by Gasteiger charge is 2.22. The zero-order valence-corrected chi connectivity index (χ0v) is 16.1. The highest BCUT2D eigenvalue weighted by atomic mass is 32.1. The lowest BCUT2D eigenvalue weighted by molar-refractivity contribution is -0.150. The minimum Gasteiger partial charge on any atom is -0.465 e. The summed E-state index contributed by atoms with van der Waals surface area (Å²) in [5, 5.41) is 0.792. The first-order chi connectivity index (χ1) is 11.5. The van der Waals surface area contributed by atoms with Crippen molar-refractivity contribution in [3.05, 3.63) is 0 Å². The molecule has 4 nitrogen and oxygen atoms in total. The zero-order chi connectivity index (χ0) is 17.4. The molecule has 2 aliphatic rings. The van der Waals surface area contributed by atoms with Crippen LogP contribution >= 0.6 is 25.3 Å². The quantitative estimate of drug-likeness (QED) is 0.476. The van der Waals surface area contributed by atoms with Gasteiger partial charge in [-0.1, -0.05) is 0 Å². The largest absolute Gasteiger partial charge is 0.465 e. The Balaban J connectivity index is 1.50. The molecule has 0 amide bonds. The number of esters is 2. The number of thiol groups is 2. The molecule has 2 aliphatic heterocycles. The molecule has 2 heterocycles. The van der Waals surface area contributed by atoms with Crippen LogP contribution in [0.25, 0.3) is 0 Å². The summed E-state index contributed by atoms with van der Waals surface area (Å²) in [6, 6.07) is 0. The Kier molecular flexibility index (Phi) is 8.81. The third-order valence-electron chi connectivity index (χ3n) is 5.12. The molecule has 0 aromatic heterocycles. The standard InChI is InChI=1S/C18H30O4S2/c19-17-9-3-13(11-21-17)1-5-15(23)7-8-16(24)6-2-14-4-10-18(20)22-12-14/h13-16,23-24H,1-12H2. The summed E-state index contributed by atoms with van der Waals surface area (Å²) in [6.45, 7) is 1.17. The first-order valence-electron chi connectivity index (χ1n) is 9.20. The molecule has 0 aromatic rings. The molecule has 138 valence electrons. The molecule has 0 spiro atoms. The predicted molar refractivity (Wildman–Crippen MR) is 101 cm³/mol. The second-order valence-corrected chi connectivity index (χ2v) is 8.68. The number of hydrogen-bond acceptors (Lipinski definition) is 6. The van der Waals surface area contributed by atoms with Crippen molar-refractivity contribution in [2.24, 2.45) is 11.8 Å². The van der Waals surface area contributed by atoms with Gasteiger partial charge in [0.1, 0.15) is 0 Å². The van der Waals surface area contributed by atoms with Crippen molar-refractivity contribution in [2.75, 3.05) is 13.2 Å². The highest BCUT2D eigenvalue weighted by Crippen LogP contribution is 2.26. The van der Waals surface area contributed by atoms with Gasteiger partial charge in [0.15, 0.2) is 0 Å². The maximum Gasteiger partial charge on any atom is 0.305 e. The molecule has 0 aromatic carbocycles. The lowest BCUT2D eigenvalue weighted by Gasteiger charge is -2.24. The molecule has 0 radical (unpaired) electrons. The van der Waals surface area contributed by atoms with Crippen LogP contribution in [0.3, 0.4) is 0 Å². The van der Waals surface area contributed by atoms with Crippen molar-refractivity contribution in [3.63, 3.8) is 0 Å². The van der Waals surface area contributed by atoms with Crippen molar-refractivity contribution in [3.8, 4) is 0 Å². The van der Waals surface area contributed by atoms with Gasteiger partial charge in [-0.2, -0.15) is 25.3 Å². The monoisotopic (exact) mass is 374 g/mol. The zero-order valence-electron chi connectivity index (χ0n) is 14.3. The van der Waals surface area contributed by atoms with E-state index >= 15 is 0 Å². The number of hydrogen-bond donors (Lipinski definition) is 2. The summed E-state index contributed by atoms with van der Waals surface area (Å²) < 4.78 is 10.2. The van der Waals surface area contributed by atoms with Crippen molar-refractivity contribution in [1.82, 2.24) is 0 Å². The summed E-state index contributed by atoms with van der Waals surface area (Å²) in [6.07, 6.45) is 9.52. The van der Waals surface area contributed by atoms with E-state index in [4.69, 9.17) is 34.7 Å². The molecular formula is C18H30O4S2. The first kappa shape index (κ1) is 20.0. The fourth-order valence-corrected chi connectivity index (χ4v) is 3.96. The molecule has 2 rings (SSSR count). The van der Waals surface area contributed by atoms with Gasteiger partial charge < -0.3 is 9.47 Å². The van der Waals surface area contributed by atoms with Gasteiger partial charge in [0.25, 0.3) is 0 Å². The van der Waals surface area contributed by atoms with E-state index in [-0.39, 0.29) is 11.9 Å². The molecule has 6 heteroatoms. The van der Waals surface area contributed by atoms with Gasteiger partial charge in [0, 0.05) is 23.3 Å². The molecule has 4 unspecified atom stereocenters. The molecule has 2 fully saturated rings. The highest BCUT2D eigenvalue weighted by molar-refractivity contribution is 7.81. The predicted octanol–water partition coefficient (Wildman–Crippen LogP) is 3.83. The van der Waals surface area contributed by atoms with Crippen molar-refractivity contribution in [1.29, 1.82) is 0 Å². The van der Waals surface area contributed by atoms with Crippen LogP contribution in [0.15, 0.2) is 0 Å². The number of carbonyl (C=O) groups is 2. The molecule has 0 saturated carbocycles. The van der Waals surface area contributed by atoms with Crippen LogP contribution in [0.2, 0.25) is 0 Å². The molecule has 4 atom stereocenters. The Bertz CT molecular complexity index is 358. The number of ether oxygens (including phenoxy) is 2. The van der Waals surface area contributed by atoms with Gasteiger partial charge >= 0.3 is 11.9 Å². The van der Waals surface area contributed by atoms with Crippen LogP contribution < -0.4 is 0 Å². The molecule has 24 heavy (non-hydrogen) atoms. The third-order valence-corrected chi connectivity index (χ3v) is 6.16. The van der Waals surface area contributed by atoms with Crippen LogP contribution in [0.5, 0.6) is 0 Å². The van der Waals surface area contributed by atoms with E-state index in [0.29, 0.717) is 48.4 Å². The fourth-order valence-electron chi connectivity index (χ4n) is 3.36. The average Bonchev–Trinajstić information content (AvgIpc) is 2.59. The van der Waals surface area contributed by atoms with Crippen LogP contribution in [0, 0.1) is 11.8 Å². The minimum atomic E-state index is -0.0562. The van der Waals surface area contributed by atoms with Crippen molar-refractivity contribution < 1.29 is 19.1 Å². The second-order valence-electron chi connectivity index (χ2n) is 7.22. The topological polar surface area (TPSA) is 52.6 Å². The van der Waals surface area contributed by atoms with E-state index < -0.39 is 0 Å². The number of cyclic esters (lactones) is 2. The SMILES string of the molecule is O=C1CCC(CCC(S)CCC(S)CCC2CCC(=O)OC2)CO1. The van der Waals surface area contributed by atoms with Crippen LogP contribution in [-0.2, 0) is 19.1 Å². The van der Waals surface area contributed by atoms with Gasteiger partial charge in [-0.25, -0.2) is 0 Å². The summed E-state index contributed by atoms with van der Waals surface area (Å²) in [4.78, 5) is 22.1. The maximum atomic E-state index is 11.0. The van der Waals surface area contributed by atoms with Crippen LogP contribution in [0.4, 0.5) is 0 Å². The van der Waals surface area contributed by atoms with E-state index in [1.807, 2.05) is 0 Å². The van der Waals surface area contributed by atoms with E-state index in [9.17, 15) is 9.59 Å². The first-order valence-corrected chi connectivity index (χ1v) is 10.2. The van der Waals surface area contributed by atoms with Gasteiger partial charge in [-0.15, -0.1) is 0 Å². The average molecular weight is 375 g/mol. The lowest BCUT2D eigenvalue weighted by atomic mass is 9.93. The number of rotatable bonds is 9. The Morgan fingerprint density at radius 3 is 1.54 bits per heavy atom. The third kappa shape index (κ3) is 7.68. The van der Waals surface area contributed by atoms with Crippen LogP contribution in [-0.4, -0.2) is 35.7 Å². The van der Waals surface area contributed by atoms with E-state index in [0.717, 1.165) is 51.4 Å². The van der Waals surface area contributed by atoms with Crippen LogP contribution in [0.1, 0.15) is 64.2 Å².